The van der Waals surface area contributed by atoms with Crippen molar-refractivity contribution in [1.82, 2.24) is 10.4 Å². The summed E-state index contributed by atoms with van der Waals surface area (Å²) in [5, 5.41) is 4.63. The Morgan fingerprint density at radius 2 is 2.00 bits per heavy atom. The Hall–Kier alpha value is -3.25. The highest BCUT2D eigenvalue weighted by molar-refractivity contribution is 6.30. The molecule has 0 saturated carbocycles. The Balaban J connectivity index is 1.62. The summed E-state index contributed by atoms with van der Waals surface area (Å²) < 4.78 is 11.2. The molecule has 0 aliphatic rings. The summed E-state index contributed by atoms with van der Waals surface area (Å²) in [6.07, 6.45) is 3.21. The van der Waals surface area contributed by atoms with Gasteiger partial charge in [-0.05, 0) is 53.6 Å². The lowest BCUT2D eigenvalue weighted by molar-refractivity contribution is 0.0951. The van der Waals surface area contributed by atoms with Gasteiger partial charge in [0.1, 0.15) is 12.3 Å². The van der Waals surface area contributed by atoms with E-state index in [2.05, 4.69) is 15.5 Å². The van der Waals surface area contributed by atoms with Crippen LogP contribution in [0.4, 0.5) is 0 Å². The number of hydrogen-bond acceptors (Lipinski definition) is 4. The van der Waals surface area contributed by atoms with Crippen LogP contribution in [-0.2, 0) is 6.61 Å². The number of carbonyl (C=O) groups excluding carboxylic acids is 1. The number of amides is 1. The Labute approximate surface area is 161 Å². The summed E-state index contributed by atoms with van der Waals surface area (Å²) in [5.41, 5.74) is 4.65. The zero-order valence-corrected chi connectivity index (χ0v) is 15.4. The molecule has 3 rings (SSSR count). The average Bonchev–Trinajstić information content (AvgIpc) is 3.23. The van der Waals surface area contributed by atoms with Gasteiger partial charge in [-0.15, -0.1) is 0 Å². The van der Waals surface area contributed by atoms with E-state index in [1.54, 1.807) is 37.6 Å². The van der Waals surface area contributed by atoms with E-state index in [1.807, 2.05) is 30.3 Å². The molecule has 0 saturated heterocycles. The second kappa shape index (κ2) is 8.91. The van der Waals surface area contributed by atoms with Crippen LogP contribution in [0.3, 0.4) is 0 Å². The highest BCUT2D eigenvalue weighted by atomic mass is 35.5. The molecule has 0 fully saturated rings. The van der Waals surface area contributed by atoms with Crippen LogP contribution in [0, 0.1) is 0 Å². The van der Waals surface area contributed by atoms with E-state index in [1.165, 1.54) is 6.21 Å². The van der Waals surface area contributed by atoms with Crippen LogP contribution < -0.4 is 14.9 Å². The molecule has 0 radical (unpaired) electrons. The van der Waals surface area contributed by atoms with Gasteiger partial charge in [0.25, 0.3) is 5.91 Å². The molecule has 2 N–H and O–H groups in total. The van der Waals surface area contributed by atoms with Gasteiger partial charge < -0.3 is 14.5 Å². The van der Waals surface area contributed by atoms with E-state index in [0.29, 0.717) is 28.8 Å². The molecule has 7 heteroatoms. The summed E-state index contributed by atoms with van der Waals surface area (Å²) in [5.74, 6) is 0.870. The van der Waals surface area contributed by atoms with Gasteiger partial charge in [0.2, 0.25) is 0 Å². The Kier molecular flexibility index (Phi) is 6.12. The van der Waals surface area contributed by atoms with Crippen molar-refractivity contribution >= 4 is 23.7 Å². The van der Waals surface area contributed by atoms with Crippen LogP contribution in [-0.4, -0.2) is 24.2 Å². The number of hydrazone groups is 1. The third-order valence-corrected chi connectivity index (χ3v) is 3.97. The molecule has 138 valence electrons. The molecule has 0 unspecified atom stereocenters. The van der Waals surface area contributed by atoms with Gasteiger partial charge in [-0.2, -0.15) is 5.10 Å². The van der Waals surface area contributed by atoms with Gasteiger partial charge in [-0.25, -0.2) is 5.43 Å². The number of rotatable bonds is 7. The highest BCUT2D eigenvalue weighted by Gasteiger charge is 2.07. The Morgan fingerprint density at radius 1 is 1.19 bits per heavy atom. The largest absolute Gasteiger partial charge is 0.493 e. The summed E-state index contributed by atoms with van der Waals surface area (Å²) in [6.45, 7) is 0.396. The molecule has 1 aromatic heterocycles. The van der Waals surface area contributed by atoms with Crippen LogP contribution in [0.5, 0.6) is 11.5 Å². The highest BCUT2D eigenvalue weighted by Crippen LogP contribution is 2.28. The first kappa shape index (κ1) is 18.5. The summed E-state index contributed by atoms with van der Waals surface area (Å²) in [7, 11) is 1.57. The third kappa shape index (κ3) is 5.12. The quantitative estimate of drug-likeness (QED) is 0.478. The van der Waals surface area contributed by atoms with Crippen LogP contribution in [0.15, 0.2) is 65.9 Å². The van der Waals surface area contributed by atoms with E-state index in [-0.39, 0.29) is 5.91 Å². The predicted octanol–water partition coefficient (Wildman–Crippen LogP) is 4.02. The first-order valence-electron chi connectivity index (χ1n) is 8.18. The molecule has 27 heavy (non-hydrogen) atoms. The molecule has 1 amide bonds. The van der Waals surface area contributed by atoms with Crippen LogP contribution >= 0.6 is 11.6 Å². The van der Waals surface area contributed by atoms with Crippen molar-refractivity contribution in [1.29, 1.82) is 0 Å². The molecule has 6 nitrogen and oxygen atoms in total. The lowest BCUT2D eigenvalue weighted by Gasteiger charge is -2.11. The lowest BCUT2D eigenvalue weighted by Crippen LogP contribution is -2.17. The number of aromatic amines is 1. The van der Waals surface area contributed by atoms with E-state index in [0.717, 1.165) is 11.1 Å². The van der Waals surface area contributed by atoms with Crippen molar-refractivity contribution in [3.05, 3.63) is 82.6 Å². The number of carbonyl (C=O) groups is 1. The maximum atomic E-state index is 11.8. The summed E-state index contributed by atoms with van der Waals surface area (Å²) in [6, 6.07) is 16.3. The van der Waals surface area contributed by atoms with Gasteiger partial charge in [0.05, 0.1) is 13.3 Å². The molecule has 3 aromatic rings. The fourth-order valence-corrected chi connectivity index (χ4v) is 2.45. The first-order chi connectivity index (χ1) is 13.2. The zero-order valence-electron chi connectivity index (χ0n) is 14.6. The molecular weight excluding hydrogens is 366 g/mol. The van der Waals surface area contributed by atoms with Gasteiger partial charge in [0.15, 0.2) is 11.5 Å². The second-order valence-electron chi connectivity index (χ2n) is 5.61. The molecule has 0 aliphatic heterocycles. The van der Waals surface area contributed by atoms with Crippen molar-refractivity contribution in [2.24, 2.45) is 5.10 Å². The van der Waals surface area contributed by atoms with Crippen molar-refractivity contribution in [2.75, 3.05) is 7.11 Å². The number of halogens is 1. The third-order valence-electron chi connectivity index (χ3n) is 3.72. The minimum atomic E-state index is -0.314. The number of benzene rings is 2. The number of H-pyrrole nitrogens is 1. The molecule has 0 atom stereocenters. The van der Waals surface area contributed by atoms with E-state index in [4.69, 9.17) is 21.1 Å². The van der Waals surface area contributed by atoms with Crippen molar-refractivity contribution in [2.45, 2.75) is 6.61 Å². The van der Waals surface area contributed by atoms with Gasteiger partial charge in [-0.3, -0.25) is 4.79 Å². The molecule has 0 aliphatic carbocycles. The number of hydrogen-bond donors (Lipinski definition) is 2. The predicted molar refractivity (Wildman–Crippen MR) is 105 cm³/mol. The monoisotopic (exact) mass is 383 g/mol. The minimum absolute atomic E-state index is 0.314. The maximum Gasteiger partial charge on any atom is 0.287 e. The lowest BCUT2D eigenvalue weighted by atomic mass is 10.2. The zero-order chi connectivity index (χ0) is 19.1. The molecular formula is C20H18ClN3O3. The average molecular weight is 384 g/mol. The fraction of sp³-hybridized carbons (Fsp3) is 0.100. The number of aromatic nitrogens is 1. The van der Waals surface area contributed by atoms with Crippen LogP contribution in [0.2, 0.25) is 5.02 Å². The van der Waals surface area contributed by atoms with E-state index in [9.17, 15) is 4.79 Å². The number of nitrogens with zero attached hydrogens (tertiary/aromatic N) is 1. The van der Waals surface area contributed by atoms with Crippen LogP contribution in [0.25, 0.3) is 0 Å². The standard InChI is InChI=1S/C20H18ClN3O3/c1-26-19-11-15(12-23-24-20(25)17-3-2-10-22-17)6-9-18(19)27-13-14-4-7-16(21)8-5-14/h2-12,22H,13H2,1H3,(H,24,25)/b23-12-. The number of nitrogens with one attached hydrogen (secondary N) is 2. The topological polar surface area (TPSA) is 75.7 Å². The fourth-order valence-electron chi connectivity index (χ4n) is 2.32. The van der Waals surface area contributed by atoms with Crippen molar-refractivity contribution in [3.8, 4) is 11.5 Å². The van der Waals surface area contributed by atoms with Gasteiger partial charge in [0, 0.05) is 11.2 Å². The number of ether oxygens (including phenoxy) is 2. The first-order valence-corrected chi connectivity index (χ1v) is 8.55. The SMILES string of the molecule is COc1cc(/C=N\NC(=O)c2ccc[nH]2)ccc1OCc1ccc(Cl)cc1. The molecule has 0 bridgehead atoms. The van der Waals surface area contributed by atoms with E-state index < -0.39 is 0 Å². The summed E-state index contributed by atoms with van der Waals surface area (Å²) in [4.78, 5) is 14.6. The normalized spacial score (nSPS) is 10.7. The summed E-state index contributed by atoms with van der Waals surface area (Å²) >= 11 is 5.88. The van der Waals surface area contributed by atoms with Crippen molar-refractivity contribution < 1.29 is 14.3 Å². The smallest absolute Gasteiger partial charge is 0.287 e. The van der Waals surface area contributed by atoms with Crippen molar-refractivity contribution in [3.63, 3.8) is 0 Å². The Morgan fingerprint density at radius 3 is 2.70 bits per heavy atom. The molecule has 0 spiro atoms. The molecule has 1 heterocycles. The van der Waals surface area contributed by atoms with Gasteiger partial charge >= 0.3 is 0 Å². The van der Waals surface area contributed by atoms with Gasteiger partial charge in [-0.1, -0.05) is 23.7 Å². The van der Waals surface area contributed by atoms with Crippen LogP contribution in [0.1, 0.15) is 21.6 Å². The van der Waals surface area contributed by atoms with E-state index >= 15 is 0 Å². The second-order valence-corrected chi connectivity index (χ2v) is 6.04. The maximum absolute atomic E-state index is 11.8. The molecule has 2 aromatic carbocycles. The minimum Gasteiger partial charge on any atom is -0.493 e. The Bertz CT molecular complexity index is 922. The number of methoxy groups -OCH3 is 1.